The summed E-state index contributed by atoms with van der Waals surface area (Å²) in [6, 6.07) is 8.24. The average Bonchev–Trinajstić information content (AvgIpc) is 2.99. The minimum atomic E-state index is -0.652. The minimum Gasteiger partial charge on any atom is -0.352 e. The Balaban J connectivity index is 1.99. The molecule has 0 aliphatic heterocycles. The zero-order chi connectivity index (χ0) is 17.5. The lowest BCUT2D eigenvalue weighted by Crippen LogP contribution is -2.40. The van der Waals surface area contributed by atoms with Crippen LogP contribution in [-0.4, -0.2) is 27.8 Å². The molecule has 2 rings (SSSR count). The molecule has 2 aromatic rings. The summed E-state index contributed by atoms with van der Waals surface area (Å²) < 4.78 is 1.76. The van der Waals surface area contributed by atoms with E-state index in [-0.39, 0.29) is 18.4 Å². The minimum absolute atomic E-state index is 0.0801. The quantitative estimate of drug-likeness (QED) is 0.717. The van der Waals surface area contributed by atoms with Crippen molar-refractivity contribution in [1.82, 2.24) is 20.4 Å². The van der Waals surface area contributed by atoms with E-state index < -0.39 is 12.1 Å². The first kappa shape index (κ1) is 17.5. The standard InChI is InChI=1S/C17H23N5O2/c1-12-6-3-4-7-14(12)15(21-17(18)24)10-16(23)20-13(2)11-22-9-5-8-19-22/h3-9,13,15H,10-11H2,1-2H3,(H,20,23)(H3,18,21,24)/t13-,15-/m0/s1. The molecule has 24 heavy (non-hydrogen) atoms. The lowest BCUT2D eigenvalue weighted by atomic mass is 9.98. The highest BCUT2D eigenvalue weighted by molar-refractivity contribution is 5.79. The molecule has 128 valence electrons. The first-order chi connectivity index (χ1) is 11.5. The van der Waals surface area contributed by atoms with E-state index >= 15 is 0 Å². The molecule has 7 nitrogen and oxygen atoms in total. The molecule has 0 saturated heterocycles. The number of nitrogens with one attached hydrogen (secondary N) is 2. The van der Waals surface area contributed by atoms with Gasteiger partial charge in [0.25, 0.3) is 0 Å². The van der Waals surface area contributed by atoms with Crippen molar-refractivity contribution in [2.75, 3.05) is 0 Å². The molecule has 0 spiro atoms. The van der Waals surface area contributed by atoms with Crippen molar-refractivity contribution in [3.8, 4) is 0 Å². The van der Waals surface area contributed by atoms with Crippen LogP contribution in [0, 0.1) is 6.92 Å². The summed E-state index contributed by atoms with van der Waals surface area (Å²) in [6.45, 7) is 4.42. The number of carbonyl (C=O) groups excluding carboxylic acids is 2. The van der Waals surface area contributed by atoms with Gasteiger partial charge >= 0.3 is 6.03 Å². The third kappa shape index (κ3) is 5.12. The van der Waals surface area contributed by atoms with Crippen LogP contribution in [0.5, 0.6) is 0 Å². The Morgan fingerprint density at radius 2 is 2.00 bits per heavy atom. The van der Waals surface area contributed by atoms with E-state index in [1.807, 2.05) is 50.4 Å². The highest BCUT2D eigenvalue weighted by Crippen LogP contribution is 2.20. The second-order valence-electron chi connectivity index (χ2n) is 5.82. The van der Waals surface area contributed by atoms with Gasteiger partial charge in [-0.3, -0.25) is 9.48 Å². The van der Waals surface area contributed by atoms with Gasteiger partial charge in [0.15, 0.2) is 0 Å². The fourth-order valence-corrected chi connectivity index (χ4v) is 2.64. The van der Waals surface area contributed by atoms with Gasteiger partial charge in [-0.2, -0.15) is 5.10 Å². The van der Waals surface area contributed by atoms with Crippen molar-refractivity contribution < 1.29 is 9.59 Å². The molecule has 1 aromatic heterocycles. The molecule has 0 bridgehead atoms. The number of nitrogens with zero attached hydrogens (tertiary/aromatic N) is 2. The molecule has 0 saturated carbocycles. The number of hydrogen-bond donors (Lipinski definition) is 3. The Morgan fingerprint density at radius 1 is 1.25 bits per heavy atom. The zero-order valence-electron chi connectivity index (χ0n) is 13.9. The summed E-state index contributed by atoms with van der Waals surface area (Å²) >= 11 is 0. The second-order valence-corrected chi connectivity index (χ2v) is 5.82. The lowest BCUT2D eigenvalue weighted by molar-refractivity contribution is -0.122. The van der Waals surface area contributed by atoms with Crippen molar-refractivity contribution >= 4 is 11.9 Å². The molecule has 0 aliphatic rings. The Labute approximate surface area is 141 Å². The first-order valence-electron chi connectivity index (χ1n) is 7.84. The van der Waals surface area contributed by atoms with Crippen LogP contribution < -0.4 is 16.4 Å². The van der Waals surface area contributed by atoms with E-state index in [4.69, 9.17) is 5.73 Å². The summed E-state index contributed by atoms with van der Waals surface area (Å²) in [5.41, 5.74) is 7.13. The molecule has 4 N–H and O–H groups in total. The SMILES string of the molecule is Cc1ccccc1[C@H](CC(=O)N[C@@H](C)Cn1cccn1)NC(N)=O. The van der Waals surface area contributed by atoms with E-state index in [9.17, 15) is 9.59 Å². The summed E-state index contributed by atoms with van der Waals surface area (Å²) in [6.07, 6.45) is 3.66. The van der Waals surface area contributed by atoms with Crippen LogP contribution in [0.3, 0.4) is 0 Å². The second kappa shape index (κ2) is 8.14. The number of aryl methyl sites for hydroxylation is 1. The fraction of sp³-hybridized carbons (Fsp3) is 0.353. The normalized spacial score (nSPS) is 13.1. The third-order valence-corrected chi connectivity index (χ3v) is 3.70. The van der Waals surface area contributed by atoms with Crippen LogP contribution in [-0.2, 0) is 11.3 Å². The van der Waals surface area contributed by atoms with Crippen LogP contribution in [0.1, 0.15) is 30.5 Å². The number of amides is 3. The van der Waals surface area contributed by atoms with Gasteiger partial charge in [-0.15, -0.1) is 0 Å². The maximum atomic E-state index is 12.3. The summed E-state index contributed by atoms with van der Waals surface area (Å²) in [5.74, 6) is -0.156. The van der Waals surface area contributed by atoms with E-state index in [0.717, 1.165) is 11.1 Å². The van der Waals surface area contributed by atoms with Crippen LogP contribution in [0.15, 0.2) is 42.7 Å². The predicted octanol–water partition coefficient (Wildman–Crippen LogP) is 1.50. The Morgan fingerprint density at radius 3 is 2.62 bits per heavy atom. The van der Waals surface area contributed by atoms with Crippen LogP contribution in [0.25, 0.3) is 0 Å². The molecule has 1 aromatic carbocycles. The van der Waals surface area contributed by atoms with Crippen molar-refractivity contribution in [2.24, 2.45) is 5.73 Å². The molecule has 0 radical (unpaired) electrons. The van der Waals surface area contributed by atoms with Crippen LogP contribution >= 0.6 is 0 Å². The van der Waals surface area contributed by atoms with Gasteiger partial charge in [0.1, 0.15) is 0 Å². The van der Waals surface area contributed by atoms with Crippen LogP contribution in [0.4, 0.5) is 4.79 Å². The van der Waals surface area contributed by atoms with Crippen molar-refractivity contribution in [1.29, 1.82) is 0 Å². The molecule has 0 aliphatic carbocycles. The topological polar surface area (TPSA) is 102 Å². The number of rotatable bonds is 7. The van der Waals surface area contributed by atoms with E-state index in [1.54, 1.807) is 10.9 Å². The molecule has 1 heterocycles. The highest BCUT2D eigenvalue weighted by atomic mass is 16.2. The highest BCUT2D eigenvalue weighted by Gasteiger charge is 2.20. The molecular weight excluding hydrogens is 306 g/mol. The number of nitrogens with two attached hydrogens (primary N) is 1. The molecule has 3 amide bonds. The first-order valence-corrected chi connectivity index (χ1v) is 7.84. The Hall–Kier alpha value is -2.83. The summed E-state index contributed by atoms with van der Waals surface area (Å²) in [5, 5.41) is 9.68. The Kier molecular flexibility index (Phi) is 5.95. The van der Waals surface area contributed by atoms with Gasteiger partial charge in [-0.1, -0.05) is 24.3 Å². The van der Waals surface area contributed by atoms with Gasteiger partial charge in [0.05, 0.1) is 19.0 Å². The molecule has 0 fully saturated rings. The van der Waals surface area contributed by atoms with E-state index in [1.165, 1.54) is 0 Å². The van der Waals surface area contributed by atoms with E-state index in [2.05, 4.69) is 15.7 Å². The largest absolute Gasteiger partial charge is 0.352 e. The number of hydrogen-bond acceptors (Lipinski definition) is 3. The predicted molar refractivity (Wildman–Crippen MR) is 91.1 cm³/mol. The molecule has 0 unspecified atom stereocenters. The van der Waals surface area contributed by atoms with Crippen molar-refractivity contribution in [3.05, 3.63) is 53.9 Å². The fourth-order valence-electron chi connectivity index (χ4n) is 2.64. The number of benzene rings is 1. The zero-order valence-corrected chi connectivity index (χ0v) is 13.9. The van der Waals surface area contributed by atoms with Gasteiger partial charge in [-0.05, 0) is 31.0 Å². The monoisotopic (exact) mass is 329 g/mol. The van der Waals surface area contributed by atoms with Gasteiger partial charge in [0.2, 0.25) is 5.91 Å². The van der Waals surface area contributed by atoms with Crippen LogP contribution in [0.2, 0.25) is 0 Å². The van der Waals surface area contributed by atoms with Crippen molar-refractivity contribution in [2.45, 2.75) is 38.9 Å². The lowest BCUT2D eigenvalue weighted by Gasteiger charge is -2.21. The number of primary amides is 1. The van der Waals surface area contributed by atoms with Gasteiger partial charge in [-0.25, -0.2) is 4.79 Å². The van der Waals surface area contributed by atoms with E-state index in [0.29, 0.717) is 6.54 Å². The maximum Gasteiger partial charge on any atom is 0.312 e. The molecular formula is C17H23N5O2. The summed E-state index contributed by atoms with van der Waals surface area (Å²) in [7, 11) is 0. The molecule has 7 heteroatoms. The smallest absolute Gasteiger partial charge is 0.312 e. The van der Waals surface area contributed by atoms with Crippen molar-refractivity contribution in [3.63, 3.8) is 0 Å². The molecule has 2 atom stereocenters. The Bertz CT molecular complexity index is 684. The maximum absolute atomic E-state index is 12.3. The van der Waals surface area contributed by atoms with Gasteiger partial charge in [0, 0.05) is 18.4 Å². The van der Waals surface area contributed by atoms with Gasteiger partial charge < -0.3 is 16.4 Å². The number of urea groups is 1. The third-order valence-electron chi connectivity index (χ3n) is 3.70. The average molecular weight is 329 g/mol. The number of carbonyl (C=O) groups is 2. The summed E-state index contributed by atoms with van der Waals surface area (Å²) in [4.78, 5) is 23.6. The number of aromatic nitrogens is 2.